The highest BCUT2D eigenvalue weighted by Crippen LogP contribution is 2.35. The van der Waals surface area contributed by atoms with Gasteiger partial charge >= 0.3 is 0 Å². The van der Waals surface area contributed by atoms with E-state index in [1.165, 1.54) is 0 Å². The Morgan fingerprint density at radius 1 is 1.20 bits per heavy atom. The van der Waals surface area contributed by atoms with Gasteiger partial charge in [0.15, 0.2) is 5.79 Å². The molecule has 0 atom stereocenters. The number of hydrogen-bond acceptors (Lipinski definition) is 4. The van der Waals surface area contributed by atoms with Crippen LogP contribution in [0.4, 0.5) is 0 Å². The van der Waals surface area contributed by atoms with Crippen LogP contribution < -0.4 is 11.1 Å². The molecule has 0 aromatic heterocycles. The van der Waals surface area contributed by atoms with E-state index in [0.29, 0.717) is 6.04 Å². The number of nitrogens with one attached hydrogen (secondary N) is 1. The van der Waals surface area contributed by atoms with E-state index in [1.807, 2.05) is 0 Å². The van der Waals surface area contributed by atoms with E-state index in [-0.39, 0.29) is 5.79 Å². The van der Waals surface area contributed by atoms with Gasteiger partial charge in [-0.3, -0.25) is 0 Å². The Balaban J connectivity index is 1.67. The molecular weight excluding hydrogens is 192 g/mol. The molecule has 2 aliphatic rings. The van der Waals surface area contributed by atoms with Crippen LogP contribution in [-0.4, -0.2) is 38.1 Å². The first-order valence-electron chi connectivity index (χ1n) is 6.06. The van der Waals surface area contributed by atoms with E-state index in [4.69, 9.17) is 15.2 Å². The molecule has 0 bridgehead atoms. The standard InChI is InChI=1S/C11H22N2O2/c12-6-1-7-13-10-2-4-11(5-3-10)14-8-9-15-11/h10,13H,1-9,12H2. The molecule has 88 valence electrons. The van der Waals surface area contributed by atoms with Crippen molar-refractivity contribution < 1.29 is 9.47 Å². The number of hydrogen-bond donors (Lipinski definition) is 2. The van der Waals surface area contributed by atoms with Crippen molar-refractivity contribution in [2.75, 3.05) is 26.3 Å². The number of rotatable bonds is 4. The third kappa shape index (κ3) is 2.91. The average Bonchev–Trinajstić information content (AvgIpc) is 2.71. The zero-order valence-corrected chi connectivity index (χ0v) is 9.34. The molecule has 1 aliphatic carbocycles. The van der Waals surface area contributed by atoms with Gasteiger partial charge in [0, 0.05) is 18.9 Å². The van der Waals surface area contributed by atoms with Gasteiger partial charge in [-0.2, -0.15) is 0 Å². The maximum absolute atomic E-state index is 5.69. The zero-order chi connectivity index (χ0) is 10.6. The van der Waals surface area contributed by atoms with Crippen molar-refractivity contribution in [3.05, 3.63) is 0 Å². The molecule has 1 saturated heterocycles. The molecule has 4 heteroatoms. The van der Waals surface area contributed by atoms with Crippen LogP contribution in [0.25, 0.3) is 0 Å². The Labute approximate surface area is 91.5 Å². The van der Waals surface area contributed by atoms with Crippen molar-refractivity contribution in [2.45, 2.75) is 43.9 Å². The minimum Gasteiger partial charge on any atom is -0.348 e. The van der Waals surface area contributed by atoms with Gasteiger partial charge in [0.25, 0.3) is 0 Å². The molecule has 1 aliphatic heterocycles. The van der Waals surface area contributed by atoms with Crippen LogP contribution in [0.1, 0.15) is 32.1 Å². The fourth-order valence-electron chi connectivity index (χ4n) is 2.46. The second-order valence-electron chi connectivity index (χ2n) is 4.48. The molecule has 0 aromatic carbocycles. The molecule has 0 radical (unpaired) electrons. The fourth-order valence-corrected chi connectivity index (χ4v) is 2.46. The predicted octanol–water partition coefficient (Wildman–Crippen LogP) is 0.610. The summed E-state index contributed by atoms with van der Waals surface area (Å²) in [4.78, 5) is 0. The largest absolute Gasteiger partial charge is 0.348 e. The van der Waals surface area contributed by atoms with Gasteiger partial charge < -0.3 is 20.5 Å². The van der Waals surface area contributed by atoms with E-state index in [0.717, 1.165) is 58.4 Å². The number of nitrogens with two attached hydrogens (primary N) is 1. The lowest BCUT2D eigenvalue weighted by Gasteiger charge is -2.35. The van der Waals surface area contributed by atoms with Crippen LogP contribution in [0.5, 0.6) is 0 Å². The summed E-state index contributed by atoms with van der Waals surface area (Å²) in [5.74, 6) is -0.216. The summed E-state index contributed by atoms with van der Waals surface area (Å²) in [6.07, 6.45) is 5.45. The van der Waals surface area contributed by atoms with Gasteiger partial charge in [0.1, 0.15) is 0 Å². The number of ether oxygens (including phenoxy) is 2. The van der Waals surface area contributed by atoms with Crippen molar-refractivity contribution in [3.8, 4) is 0 Å². The summed E-state index contributed by atoms with van der Waals surface area (Å²) in [5, 5.41) is 3.54. The predicted molar refractivity (Wildman–Crippen MR) is 58.6 cm³/mol. The molecule has 0 amide bonds. The molecule has 0 unspecified atom stereocenters. The first kappa shape index (κ1) is 11.3. The van der Waals surface area contributed by atoms with Crippen LogP contribution in [0.3, 0.4) is 0 Å². The van der Waals surface area contributed by atoms with Crippen LogP contribution in [0.2, 0.25) is 0 Å². The first-order valence-corrected chi connectivity index (χ1v) is 6.06. The summed E-state index contributed by atoms with van der Waals surface area (Å²) >= 11 is 0. The van der Waals surface area contributed by atoms with Crippen molar-refractivity contribution in [1.29, 1.82) is 0 Å². The third-order valence-corrected chi connectivity index (χ3v) is 3.37. The molecule has 1 saturated carbocycles. The highest BCUT2D eigenvalue weighted by Gasteiger charge is 2.39. The highest BCUT2D eigenvalue weighted by molar-refractivity contribution is 4.85. The minimum absolute atomic E-state index is 0.216. The highest BCUT2D eigenvalue weighted by atomic mass is 16.7. The summed E-state index contributed by atoms with van der Waals surface area (Å²) in [7, 11) is 0. The second kappa shape index (κ2) is 5.25. The molecular formula is C11H22N2O2. The van der Waals surface area contributed by atoms with Gasteiger partial charge in [-0.25, -0.2) is 0 Å². The average molecular weight is 214 g/mol. The molecule has 4 nitrogen and oxygen atoms in total. The topological polar surface area (TPSA) is 56.5 Å². The zero-order valence-electron chi connectivity index (χ0n) is 9.34. The van der Waals surface area contributed by atoms with Crippen molar-refractivity contribution in [3.63, 3.8) is 0 Å². The second-order valence-corrected chi connectivity index (χ2v) is 4.48. The Hall–Kier alpha value is -0.160. The maximum atomic E-state index is 5.69. The van der Waals surface area contributed by atoms with Crippen LogP contribution >= 0.6 is 0 Å². The lowest BCUT2D eigenvalue weighted by molar-refractivity contribution is -0.179. The van der Waals surface area contributed by atoms with Crippen LogP contribution in [-0.2, 0) is 9.47 Å². The van der Waals surface area contributed by atoms with Gasteiger partial charge in [0.05, 0.1) is 13.2 Å². The molecule has 1 spiro atoms. The summed E-state index contributed by atoms with van der Waals surface area (Å²) in [5.41, 5.74) is 5.46. The molecule has 15 heavy (non-hydrogen) atoms. The normalized spacial score (nSPS) is 26.2. The molecule has 2 rings (SSSR count). The molecule has 1 heterocycles. The Morgan fingerprint density at radius 2 is 1.87 bits per heavy atom. The summed E-state index contributed by atoms with van der Waals surface area (Å²) < 4.78 is 11.4. The molecule has 0 aromatic rings. The fraction of sp³-hybridized carbons (Fsp3) is 1.00. The van der Waals surface area contributed by atoms with Gasteiger partial charge in [-0.05, 0) is 32.4 Å². The quantitative estimate of drug-likeness (QED) is 0.673. The van der Waals surface area contributed by atoms with E-state index >= 15 is 0 Å². The maximum Gasteiger partial charge on any atom is 0.168 e. The Kier molecular flexibility index (Phi) is 3.97. The third-order valence-electron chi connectivity index (χ3n) is 3.37. The minimum atomic E-state index is -0.216. The smallest absolute Gasteiger partial charge is 0.168 e. The van der Waals surface area contributed by atoms with Crippen LogP contribution in [0, 0.1) is 0 Å². The Morgan fingerprint density at radius 3 is 2.47 bits per heavy atom. The summed E-state index contributed by atoms with van der Waals surface area (Å²) in [6.45, 7) is 3.35. The monoisotopic (exact) mass is 214 g/mol. The SMILES string of the molecule is NCCCNC1CCC2(CC1)OCCO2. The first-order chi connectivity index (χ1) is 7.35. The van der Waals surface area contributed by atoms with Crippen molar-refractivity contribution >= 4 is 0 Å². The van der Waals surface area contributed by atoms with E-state index in [1.54, 1.807) is 0 Å². The van der Waals surface area contributed by atoms with Crippen molar-refractivity contribution in [1.82, 2.24) is 5.32 Å². The molecule has 3 N–H and O–H groups in total. The van der Waals surface area contributed by atoms with Gasteiger partial charge in [-0.15, -0.1) is 0 Å². The van der Waals surface area contributed by atoms with E-state index in [9.17, 15) is 0 Å². The van der Waals surface area contributed by atoms with Gasteiger partial charge in [-0.1, -0.05) is 0 Å². The van der Waals surface area contributed by atoms with Crippen LogP contribution in [0.15, 0.2) is 0 Å². The van der Waals surface area contributed by atoms with Crippen molar-refractivity contribution in [2.24, 2.45) is 5.73 Å². The summed E-state index contributed by atoms with van der Waals surface area (Å²) in [6, 6.07) is 0.634. The lowest BCUT2D eigenvalue weighted by atomic mass is 9.90. The van der Waals surface area contributed by atoms with E-state index < -0.39 is 0 Å². The van der Waals surface area contributed by atoms with Gasteiger partial charge in [0.2, 0.25) is 0 Å². The lowest BCUT2D eigenvalue weighted by Crippen LogP contribution is -2.42. The Bertz CT molecular complexity index is 183. The molecule has 2 fully saturated rings. The van der Waals surface area contributed by atoms with E-state index in [2.05, 4.69) is 5.32 Å².